The van der Waals surface area contributed by atoms with Crippen LogP contribution in [-0.2, 0) is 15.8 Å². The lowest BCUT2D eigenvalue weighted by molar-refractivity contribution is 0.268. The SMILES string of the molecule is CCN1CCCC1CNS(=O)(=O)Cc1ccc(C#N)cc1. The van der Waals surface area contributed by atoms with Crippen LogP contribution >= 0.6 is 0 Å². The molecule has 0 aliphatic carbocycles. The lowest BCUT2D eigenvalue weighted by Gasteiger charge is -2.22. The first-order valence-electron chi connectivity index (χ1n) is 7.24. The Bertz CT molecular complexity index is 605. The molecule has 6 heteroatoms. The lowest BCUT2D eigenvalue weighted by atomic mass is 10.2. The van der Waals surface area contributed by atoms with Crippen LogP contribution < -0.4 is 4.72 Å². The van der Waals surface area contributed by atoms with Crippen LogP contribution in [0.2, 0.25) is 0 Å². The standard InChI is InChI=1S/C15H21N3O2S/c1-2-18-9-3-4-15(18)11-17-21(19,20)12-14-7-5-13(10-16)6-8-14/h5-8,15,17H,2-4,9,11-12H2,1H3. The van der Waals surface area contributed by atoms with E-state index in [1.807, 2.05) is 6.07 Å². The molecule has 1 aromatic carbocycles. The summed E-state index contributed by atoms with van der Waals surface area (Å²) in [6.45, 7) is 4.59. The van der Waals surface area contributed by atoms with Crippen molar-refractivity contribution in [2.24, 2.45) is 0 Å². The highest BCUT2D eigenvalue weighted by Gasteiger charge is 2.24. The van der Waals surface area contributed by atoms with E-state index in [1.165, 1.54) is 0 Å². The minimum absolute atomic E-state index is 0.0441. The molecule has 1 aliphatic heterocycles. The Morgan fingerprint density at radius 3 is 2.71 bits per heavy atom. The first kappa shape index (κ1) is 16.0. The molecule has 1 saturated heterocycles. The number of hydrogen-bond acceptors (Lipinski definition) is 4. The average Bonchev–Trinajstić information content (AvgIpc) is 2.93. The fourth-order valence-electron chi connectivity index (χ4n) is 2.71. The molecule has 2 rings (SSSR count). The number of sulfonamides is 1. The van der Waals surface area contributed by atoms with Crippen LogP contribution in [0.5, 0.6) is 0 Å². The van der Waals surface area contributed by atoms with Crippen molar-refractivity contribution in [3.05, 3.63) is 35.4 Å². The molecule has 0 bridgehead atoms. The van der Waals surface area contributed by atoms with Crippen LogP contribution in [0.25, 0.3) is 0 Å². The van der Waals surface area contributed by atoms with Gasteiger partial charge in [-0.25, -0.2) is 13.1 Å². The van der Waals surface area contributed by atoms with Gasteiger partial charge in [-0.2, -0.15) is 5.26 Å². The minimum Gasteiger partial charge on any atom is -0.299 e. The molecular weight excluding hydrogens is 286 g/mol. The van der Waals surface area contributed by atoms with Gasteiger partial charge in [0.1, 0.15) is 0 Å². The van der Waals surface area contributed by atoms with Crippen LogP contribution in [0, 0.1) is 11.3 Å². The molecule has 5 nitrogen and oxygen atoms in total. The molecule has 1 atom stereocenters. The summed E-state index contributed by atoms with van der Waals surface area (Å²) in [5, 5.41) is 8.73. The van der Waals surface area contributed by atoms with Crippen molar-refractivity contribution in [1.82, 2.24) is 9.62 Å². The monoisotopic (exact) mass is 307 g/mol. The van der Waals surface area contributed by atoms with Gasteiger partial charge in [0.15, 0.2) is 0 Å². The average molecular weight is 307 g/mol. The second kappa shape index (κ2) is 7.03. The van der Waals surface area contributed by atoms with Gasteiger partial charge in [0.25, 0.3) is 0 Å². The summed E-state index contributed by atoms with van der Waals surface area (Å²) in [5.74, 6) is -0.0441. The van der Waals surface area contributed by atoms with Crippen molar-refractivity contribution in [2.75, 3.05) is 19.6 Å². The number of likely N-dealkylation sites (tertiary alicyclic amines) is 1. The van der Waals surface area contributed by atoms with E-state index in [-0.39, 0.29) is 5.75 Å². The van der Waals surface area contributed by atoms with E-state index in [1.54, 1.807) is 24.3 Å². The number of nitrogens with zero attached hydrogens (tertiary/aromatic N) is 2. The van der Waals surface area contributed by atoms with Gasteiger partial charge in [-0.1, -0.05) is 19.1 Å². The van der Waals surface area contributed by atoms with E-state index in [4.69, 9.17) is 5.26 Å². The second-order valence-electron chi connectivity index (χ2n) is 5.34. The molecule has 114 valence electrons. The zero-order chi connectivity index (χ0) is 15.3. The van der Waals surface area contributed by atoms with Crippen molar-refractivity contribution in [3.8, 4) is 6.07 Å². The predicted octanol–water partition coefficient (Wildman–Crippen LogP) is 1.46. The highest BCUT2D eigenvalue weighted by Crippen LogP contribution is 2.16. The Hall–Kier alpha value is -1.42. The Labute approximate surface area is 126 Å². The molecule has 0 radical (unpaired) electrons. The highest BCUT2D eigenvalue weighted by atomic mass is 32.2. The second-order valence-corrected chi connectivity index (χ2v) is 7.15. The predicted molar refractivity (Wildman–Crippen MR) is 82.1 cm³/mol. The quantitative estimate of drug-likeness (QED) is 0.863. The molecule has 0 amide bonds. The zero-order valence-corrected chi connectivity index (χ0v) is 13.1. The fraction of sp³-hybridized carbons (Fsp3) is 0.533. The first-order chi connectivity index (χ1) is 10.0. The number of rotatable bonds is 6. The van der Waals surface area contributed by atoms with Crippen LogP contribution in [-0.4, -0.2) is 39.0 Å². The van der Waals surface area contributed by atoms with Gasteiger partial charge in [-0.3, -0.25) is 4.90 Å². The number of likely N-dealkylation sites (N-methyl/N-ethyl adjacent to an activating group) is 1. The molecule has 1 aliphatic rings. The third-order valence-electron chi connectivity index (χ3n) is 3.88. The smallest absolute Gasteiger partial charge is 0.215 e. The molecule has 1 N–H and O–H groups in total. The summed E-state index contributed by atoms with van der Waals surface area (Å²) in [5.41, 5.74) is 1.23. The van der Waals surface area contributed by atoms with Crippen LogP contribution in [0.4, 0.5) is 0 Å². The minimum atomic E-state index is -3.33. The number of nitrogens with one attached hydrogen (secondary N) is 1. The third kappa shape index (κ3) is 4.53. The number of benzene rings is 1. The summed E-state index contributed by atoms with van der Waals surface area (Å²) in [6, 6.07) is 8.98. The Morgan fingerprint density at radius 1 is 1.38 bits per heavy atom. The molecule has 1 fully saturated rings. The van der Waals surface area contributed by atoms with Crippen molar-refractivity contribution >= 4 is 10.0 Å². The van der Waals surface area contributed by atoms with Gasteiger partial charge in [-0.05, 0) is 43.6 Å². The van der Waals surface area contributed by atoms with E-state index < -0.39 is 10.0 Å². The van der Waals surface area contributed by atoms with Crippen molar-refractivity contribution in [1.29, 1.82) is 5.26 Å². The van der Waals surface area contributed by atoms with E-state index in [0.29, 0.717) is 23.7 Å². The number of hydrogen-bond donors (Lipinski definition) is 1. The molecule has 0 saturated carbocycles. The maximum Gasteiger partial charge on any atom is 0.215 e. The van der Waals surface area contributed by atoms with E-state index in [9.17, 15) is 8.42 Å². The summed E-state index contributed by atoms with van der Waals surface area (Å²) in [6.07, 6.45) is 2.18. The highest BCUT2D eigenvalue weighted by molar-refractivity contribution is 7.88. The Balaban J connectivity index is 1.91. The largest absolute Gasteiger partial charge is 0.299 e. The first-order valence-corrected chi connectivity index (χ1v) is 8.89. The van der Waals surface area contributed by atoms with Crippen LogP contribution in [0.1, 0.15) is 30.9 Å². The number of nitriles is 1. The molecule has 21 heavy (non-hydrogen) atoms. The van der Waals surface area contributed by atoms with Crippen molar-refractivity contribution in [3.63, 3.8) is 0 Å². The van der Waals surface area contributed by atoms with Gasteiger partial charge in [0.05, 0.1) is 17.4 Å². The topological polar surface area (TPSA) is 73.2 Å². The summed E-state index contributed by atoms with van der Waals surface area (Å²) in [7, 11) is -3.33. The van der Waals surface area contributed by atoms with Gasteiger partial charge in [0, 0.05) is 12.6 Å². The molecule has 0 spiro atoms. The Morgan fingerprint density at radius 2 is 2.10 bits per heavy atom. The van der Waals surface area contributed by atoms with Crippen molar-refractivity contribution in [2.45, 2.75) is 31.6 Å². The van der Waals surface area contributed by atoms with Gasteiger partial charge in [-0.15, -0.1) is 0 Å². The van der Waals surface area contributed by atoms with Gasteiger partial charge in [0.2, 0.25) is 10.0 Å². The van der Waals surface area contributed by atoms with Crippen LogP contribution in [0.3, 0.4) is 0 Å². The Kier molecular flexibility index (Phi) is 5.34. The zero-order valence-electron chi connectivity index (χ0n) is 12.2. The lowest BCUT2D eigenvalue weighted by Crippen LogP contribution is -2.40. The molecular formula is C15H21N3O2S. The van der Waals surface area contributed by atoms with Crippen molar-refractivity contribution < 1.29 is 8.42 Å². The molecule has 1 aromatic rings. The summed E-state index contributed by atoms with van der Waals surface area (Å²) >= 11 is 0. The molecule has 1 heterocycles. The van der Waals surface area contributed by atoms with Gasteiger partial charge >= 0.3 is 0 Å². The third-order valence-corrected chi connectivity index (χ3v) is 5.20. The van der Waals surface area contributed by atoms with Crippen LogP contribution in [0.15, 0.2) is 24.3 Å². The molecule has 0 aromatic heterocycles. The van der Waals surface area contributed by atoms with E-state index >= 15 is 0 Å². The summed E-state index contributed by atoms with van der Waals surface area (Å²) in [4.78, 5) is 2.31. The van der Waals surface area contributed by atoms with E-state index in [0.717, 1.165) is 25.9 Å². The normalized spacial score (nSPS) is 19.5. The molecule has 1 unspecified atom stereocenters. The van der Waals surface area contributed by atoms with Gasteiger partial charge < -0.3 is 0 Å². The fourth-order valence-corrected chi connectivity index (χ4v) is 3.89. The van der Waals surface area contributed by atoms with E-state index in [2.05, 4.69) is 16.5 Å². The maximum absolute atomic E-state index is 12.1. The maximum atomic E-state index is 12.1. The summed E-state index contributed by atoms with van der Waals surface area (Å²) < 4.78 is 26.9.